The molecule has 3 rings (SSSR count). The molecule has 1 aliphatic heterocycles. The van der Waals surface area contributed by atoms with Gasteiger partial charge in [0.25, 0.3) is 11.8 Å². The summed E-state index contributed by atoms with van der Waals surface area (Å²) < 4.78 is 0. The number of halogens is 1. The molecule has 2 N–H and O–H groups in total. The lowest BCUT2D eigenvalue weighted by molar-refractivity contribution is -0.138. The van der Waals surface area contributed by atoms with Crippen molar-refractivity contribution in [1.29, 1.82) is 0 Å². The number of rotatable bonds is 5. The van der Waals surface area contributed by atoms with Gasteiger partial charge in [0.2, 0.25) is 0 Å². The molecular formula is C21H20ClN3O3. The Morgan fingerprint density at radius 2 is 1.93 bits per heavy atom. The third-order valence-electron chi connectivity index (χ3n) is 4.73. The Balaban J connectivity index is 1.76. The molecule has 0 unspecified atom stereocenters. The highest BCUT2D eigenvalue weighted by Crippen LogP contribution is 2.31. The highest BCUT2D eigenvalue weighted by atomic mass is 35.5. The maximum Gasteiger partial charge on any atom is 0.344 e. The topological polar surface area (TPSA) is 78.5 Å². The van der Waals surface area contributed by atoms with Crippen LogP contribution in [-0.4, -0.2) is 22.9 Å². The van der Waals surface area contributed by atoms with E-state index in [2.05, 4.69) is 10.7 Å². The smallest absolute Gasteiger partial charge is 0.318 e. The number of carbonyl (C=O) groups is 3. The lowest BCUT2D eigenvalue weighted by Crippen LogP contribution is -2.48. The maximum atomic E-state index is 12.9. The number of hydrazine groups is 1. The molecule has 1 heterocycles. The molecule has 2 aromatic rings. The Bertz CT molecular complexity index is 959. The van der Waals surface area contributed by atoms with Crippen LogP contribution in [0.25, 0.3) is 6.08 Å². The Hall–Kier alpha value is -3.12. The molecule has 1 fully saturated rings. The van der Waals surface area contributed by atoms with Crippen molar-refractivity contribution in [3.63, 3.8) is 0 Å². The number of imide groups is 1. The van der Waals surface area contributed by atoms with E-state index in [0.29, 0.717) is 17.0 Å². The summed E-state index contributed by atoms with van der Waals surface area (Å²) in [5.41, 5.74) is 3.48. The minimum Gasteiger partial charge on any atom is -0.318 e. The first-order valence-corrected chi connectivity index (χ1v) is 9.22. The van der Waals surface area contributed by atoms with Crippen LogP contribution in [-0.2, 0) is 15.1 Å². The summed E-state index contributed by atoms with van der Waals surface area (Å²) in [4.78, 5) is 37.6. The van der Waals surface area contributed by atoms with Gasteiger partial charge >= 0.3 is 6.03 Å². The third-order valence-corrected chi connectivity index (χ3v) is 5.14. The van der Waals surface area contributed by atoms with E-state index in [4.69, 9.17) is 11.6 Å². The van der Waals surface area contributed by atoms with E-state index in [1.165, 1.54) is 6.08 Å². The molecule has 0 spiro atoms. The number of hydrogen-bond acceptors (Lipinski definition) is 3. The zero-order chi connectivity index (χ0) is 20.3. The fourth-order valence-electron chi connectivity index (χ4n) is 3.07. The van der Waals surface area contributed by atoms with Crippen molar-refractivity contribution < 1.29 is 14.4 Å². The minimum atomic E-state index is -1.19. The average molecular weight is 398 g/mol. The summed E-state index contributed by atoms with van der Waals surface area (Å²) in [6.07, 6.45) is 3.16. The summed E-state index contributed by atoms with van der Waals surface area (Å²) in [6, 6.07) is 13.7. The van der Waals surface area contributed by atoms with Crippen LogP contribution in [0.2, 0.25) is 5.02 Å². The van der Waals surface area contributed by atoms with E-state index in [-0.39, 0.29) is 0 Å². The molecule has 1 atom stereocenters. The molecule has 1 saturated heterocycles. The maximum absolute atomic E-state index is 12.9. The highest BCUT2D eigenvalue weighted by molar-refractivity contribution is 6.31. The van der Waals surface area contributed by atoms with Gasteiger partial charge in [0.15, 0.2) is 0 Å². The monoisotopic (exact) mass is 397 g/mol. The minimum absolute atomic E-state index is 0.353. The van der Waals surface area contributed by atoms with E-state index in [0.717, 1.165) is 16.1 Å². The van der Waals surface area contributed by atoms with Crippen LogP contribution in [0, 0.1) is 6.92 Å². The third kappa shape index (κ3) is 3.64. The van der Waals surface area contributed by atoms with Gasteiger partial charge in [-0.15, -0.1) is 0 Å². The molecule has 1 aliphatic rings. The number of hydrogen-bond donors (Lipinski definition) is 2. The van der Waals surface area contributed by atoms with Crippen molar-refractivity contribution in [2.24, 2.45) is 0 Å². The number of benzene rings is 2. The number of aryl methyl sites for hydroxylation is 1. The number of nitrogens with one attached hydrogen (secondary N) is 2. The summed E-state index contributed by atoms with van der Waals surface area (Å²) >= 11 is 6.07. The van der Waals surface area contributed by atoms with Crippen molar-refractivity contribution in [3.8, 4) is 0 Å². The molecular weight excluding hydrogens is 378 g/mol. The van der Waals surface area contributed by atoms with Crippen molar-refractivity contribution in [2.75, 3.05) is 0 Å². The number of nitrogens with zero attached hydrogens (tertiary/aromatic N) is 1. The Kier molecular flexibility index (Phi) is 5.51. The Morgan fingerprint density at radius 1 is 1.21 bits per heavy atom. The van der Waals surface area contributed by atoms with E-state index < -0.39 is 23.4 Å². The second-order valence-electron chi connectivity index (χ2n) is 6.51. The Morgan fingerprint density at radius 3 is 2.57 bits per heavy atom. The normalized spacial score (nSPS) is 19.2. The van der Waals surface area contributed by atoms with Crippen molar-refractivity contribution in [2.45, 2.75) is 25.8 Å². The van der Waals surface area contributed by atoms with Gasteiger partial charge in [-0.25, -0.2) is 4.79 Å². The summed E-state index contributed by atoms with van der Waals surface area (Å²) in [6.45, 7) is 3.68. The summed E-state index contributed by atoms with van der Waals surface area (Å²) in [5.74, 6) is -1.12. The van der Waals surface area contributed by atoms with Gasteiger partial charge in [0, 0.05) is 11.1 Å². The molecule has 0 saturated carbocycles. The van der Waals surface area contributed by atoms with Crippen LogP contribution < -0.4 is 10.7 Å². The predicted molar refractivity (Wildman–Crippen MR) is 107 cm³/mol. The fourth-order valence-corrected chi connectivity index (χ4v) is 3.26. The van der Waals surface area contributed by atoms with E-state index in [1.54, 1.807) is 43.3 Å². The number of urea groups is 1. The second-order valence-corrected chi connectivity index (χ2v) is 6.92. The number of carbonyl (C=O) groups excluding carboxylic acids is 3. The Labute approximate surface area is 168 Å². The first-order chi connectivity index (χ1) is 13.4. The fraction of sp³-hybridized carbons (Fsp3) is 0.190. The van der Waals surface area contributed by atoms with Crippen molar-refractivity contribution in [1.82, 2.24) is 15.8 Å². The largest absolute Gasteiger partial charge is 0.344 e. The SMILES string of the molecule is CC[C@]1(c2ccccc2)NC(=O)N(NC(=O)/C=C/c2ccc(C)c(Cl)c2)C1=O. The summed E-state index contributed by atoms with van der Waals surface area (Å²) in [5, 5.41) is 4.02. The molecule has 2 aromatic carbocycles. The first-order valence-electron chi connectivity index (χ1n) is 8.84. The molecule has 0 aromatic heterocycles. The molecule has 28 heavy (non-hydrogen) atoms. The van der Waals surface area contributed by atoms with Gasteiger partial charge in [-0.05, 0) is 42.2 Å². The lowest BCUT2D eigenvalue weighted by Gasteiger charge is -2.25. The molecule has 7 heteroatoms. The van der Waals surface area contributed by atoms with Crippen LogP contribution in [0.3, 0.4) is 0 Å². The van der Waals surface area contributed by atoms with E-state index >= 15 is 0 Å². The highest BCUT2D eigenvalue weighted by Gasteiger charge is 2.52. The zero-order valence-corrected chi connectivity index (χ0v) is 16.3. The van der Waals surface area contributed by atoms with Gasteiger partial charge in [0.1, 0.15) is 5.54 Å². The van der Waals surface area contributed by atoms with Crippen LogP contribution >= 0.6 is 11.6 Å². The average Bonchev–Trinajstić information content (AvgIpc) is 2.94. The second kappa shape index (κ2) is 7.86. The van der Waals surface area contributed by atoms with Gasteiger partial charge in [-0.2, -0.15) is 5.01 Å². The summed E-state index contributed by atoms with van der Waals surface area (Å²) in [7, 11) is 0. The molecule has 4 amide bonds. The molecule has 0 bridgehead atoms. The molecule has 0 aliphatic carbocycles. The van der Waals surface area contributed by atoms with Crippen molar-refractivity contribution in [3.05, 3.63) is 76.3 Å². The molecule has 6 nitrogen and oxygen atoms in total. The molecule has 0 radical (unpaired) electrons. The quantitative estimate of drug-likeness (QED) is 0.598. The standard InChI is InChI=1S/C21H20ClN3O3/c1-3-21(16-7-5-4-6-8-16)19(27)25(20(28)23-21)24-18(26)12-11-15-10-9-14(2)17(22)13-15/h4-13H,3H2,1-2H3,(H,23,28)(H,24,26)/b12-11+/t21-/m1/s1. The van der Waals surface area contributed by atoms with Crippen LogP contribution in [0.4, 0.5) is 4.79 Å². The van der Waals surface area contributed by atoms with E-state index in [9.17, 15) is 14.4 Å². The van der Waals surface area contributed by atoms with Gasteiger partial charge in [0.05, 0.1) is 0 Å². The molecule has 144 valence electrons. The van der Waals surface area contributed by atoms with Gasteiger partial charge < -0.3 is 5.32 Å². The number of amides is 4. The van der Waals surface area contributed by atoms with Crippen molar-refractivity contribution >= 4 is 35.5 Å². The van der Waals surface area contributed by atoms with Crippen LogP contribution in [0.1, 0.15) is 30.0 Å². The van der Waals surface area contributed by atoms with Gasteiger partial charge in [-0.3, -0.25) is 15.0 Å². The van der Waals surface area contributed by atoms with Crippen LogP contribution in [0.5, 0.6) is 0 Å². The zero-order valence-electron chi connectivity index (χ0n) is 15.5. The lowest BCUT2D eigenvalue weighted by atomic mass is 9.87. The van der Waals surface area contributed by atoms with Gasteiger partial charge in [-0.1, -0.05) is 61.0 Å². The first kappa shape index (κ1) is 19.6. The van der Waals surface area contributed by atoms with E-state index in [1.807, 2.05) is 25.1 Å². The van der Waals surface area contributed by atoms with Crippen LogP contribution in [0.15, 0.2) is 54.6 Å². The predicted octanol–water partition coefficient (Wildman–Crippen LogP) is 3.55.